The van der Waals surface area contributed by atoms with E-state index in [0.29, 0.717) is 11.5 Å². The number of hydrogen-bond acceptors (Lipinski definition) is 8. The van der Waals surface area contributed by atoms with Crippen LogP contribution in [0.3, 0.4) is 0 Å². The number of carbonyl (C=O) groups excluding carboxylic acids is 2. The molecule has 0 heterocycles. The van der Waals surface area contributed by atoms with Gasteiger partial charge in [0.1, 0.15) is 37.9 Å². The lowest BCUT2D eigenvalue weighted by molar-refractivity contribution is -0.138. The van der Waals surface area contributed by atoms with E-state index in [9.17, 15) is 9.59 Å². The van der Waals surface area contributed by atoms with Gasteiger partial charge in [-0.15, -0.1) is 0 Å². The van der Waals surface area contributed by atoms with Crippen LogP contribution in [0.1, 0.15) is 0 Å². The predicted octanol–water partition coefficient (Wildman–Crippen LogP) is 2.50. The minimum Gasteiger partial charge on any atom is -0.492 e. The van der Waals surface area contributed by atoms with Gasteiger partial charge in [-0.05, 0) is 24.3 Å². The smallest absolute Gasteiger partial charge is 0.330 e. The van der Waals surface area contributed by atoms with Gasteiger partial charge in [0, 0.05) is 12.2 Å². The molecule has 0 amide bonds. The van der Waals surface area contributed by atoms with Crippen molar-refractivity contribution < 1.29 is 28.5 Å². The van der Waals surface area contributed by atoms with E-state index in [1.54, 1.807) is 24.3 Å². The summed E-state index contributed by atoms with van der Waals surface area (Å²) in [6.45, 7) is 7.46. The molecule has 0 aromatic heterocycles. The Kier molecular flexibility index (Phi) is 10.4. The minimum absolute atomic E-state index is 0.134. The van der Waals surface area contributed by atoms with Crippen molar-refractivity contribution in [1.29, 1.82) is 0 Å². The SMILES string of the molecule is C=CC(=O)OCC(S)COc1ccc(OCC(S)COC(=O)C=C)cc1. The standard InChI is InChI=1S/C18H22O6S2/c1-3-17(19)23-11-15(25)9-21-13-5-7-14(8-6-13)22-10-16(26)12-24-18(20)4-2/h3-8,15-16,25-26H,1-2,9-12H2. The van der Waals surface area contributed by atoms with Crippen LogP contribution in [0.15, 0.2) is 49.6 Å². The molecule has 0 radical (unpaired) electrons. The summed E-state index contributed by atoms with van der Waals surface area (Å²) in [7, 11) is 0. The van der Waals surface area contributed by atoms with Crippen LogP contribution < -0.4 is 9.47 Å². The highest BCUT2D eigenvalue weighted by atomic mass is 32.1. The summed E-state index contributed by atoms with van der Waals surface area (Å²) >= 11 is 8.56. The molecule has 142 valence electrons. The maximum atomic E-state index is 11.0. The summed E-state index contributed by atoms with van der Waals surface area (Å²) in [5.41, 5.74) is 0. The molecule has 0 bridgehead atoms. The second-order valence-electron chi connectivity index (χ2n) is 5.07. The van der Waals surface area contributed by atoms with Crippen LogP contribution in [-0.2, 0) is 19.1 Å². The maximum absolute atomic E-state index is 11.0. The molecule has 0 aliphatic carbocycles. The number of benzene rings is 1. The second-order valence-corrected chi connectivity index (χ2v) is 6.53. The Hall–Kier alpha value is -2.06. The number of rotatable bonds is 12. The first-order chi connectivity index (χ1) is 12.4. The average Bonchev–Trinajstić information content (AvgIpc) is 2.67. The lowest BCUT2D eigenvalue weighted by atomic mass is 10.3. The summed E-state index contributed by atoms with van der Waals surface area (Å²) in [5, 5.41) is -0.504. The van der Waals surface area contributed by atoms with Crippen LogP contribution in [0, 0.1) is 0 Å². The third kappa shape index (κ3) is 9.43. The quantitative estimate of drug-likeness (QED) is 0.320. The van der Waals surface area contributed by atoms with Crippen molar-refractivity contribution in [3.05, 3.63) is 49.6 Å². The second kappa shape index (κ2) is 12.3. The first kappa shape index (κ1) is 22.0. The van der Waals surface area contributed by atoms with Crippen molar-refractivity contribution in [2.45, 2.75) is 10.5 Å². The Balaban J connectivity index is 2.30. The Bertz CT molecular complexity index is 549. The number of carbonyl (C=O) groups is 2. The highest BCUT2D eigenvalue weighted by molar-refractivity contribution is 7.81. The summed E-state index contributed by atoms with van der Waals surface area (Å²) < 4.78 is 20.9. The third-order valence-electron chi connectivity index (χ3n) is 2.88. The van der Waals surface area contributed by atoms with E-state index in [1.165, 1.54) is 0 Å². The third-order valence-corrected chi connectivity index (χ3v) is 3.47. The molecule has 26 heavy (non-hydrogen) atoms. The molecule has 0 fully saturated rings. The molecule has 1 rings (SSSR count). The van der Waals surface area contributed by atoms with Gasteiger partial charge in [0.15, 0.2) is 0 Å². The van der Waals surface area contributed by atoms with Crippen molar-refractivity contribution in [1.82, 2.24) is 0 Å². The van der Waals surface area contributed by atoms with Gasteiger partial charge in [0.05, 0.1) is 10.5 Å². The fourth-order valence-corrected chi connectivity index (χ4v) is 1.89. The van der Waals surface area contributed by atoms with Gasteiger partial charge in [-0.2, -0.15) is 25.3 Å². The number of ether oxygens (including phenoxy) is 4. The molecular weight excluding hydrogens is 376 g/mol. The molecule has 2 unspecified atom stereocenters. The van der Waals surface area contributed by atoms with Crippen LogP contribution in [0.4, 0.5) is 0 Å². The van der Waals surface area contributed by atoms with E-state index in [4.69, 9.17) is 18.9 Å². The number of thiol groups is 2. The lowest BCUT2D eigenvalue weighted by Crippen LogP contribution is -2.20. The lowest BCUT2D eigenvalue weighted by Gasteiger charge is -2.14. The van der Waals surface area contributed by atoms with Crippen molar-refractivity contribution in [3.8, 4) is 11.5 Å². The zero-order chi connectivity index (χ0) is 19.4. The van der Waals surface area contributed by atoms with Crippen LogP contribution in [0.5, 0.6) is 11.5 Å². The van der Waals surface area contributed by atoms with Crippen LogP contribution >= 0.6 is 25.3 Å². The van der Waals surface area contributed by atoms with E-state index < -0.39 is 11.9 Å². The maximum Gasteiger partial charge on any atom is 0.330 e. The Morgan fingerprint density at radius 2 is 1.15 bits per heavy atom. The fourth-order valence-electron chi connectivity index (χ4n) is 1.59. The topological polar surface area (TPSA) is 71.1 Å². The highest BCUT2D eigenvalue weighted by Crippen LogP contribution is 2.18. The first-order valence-corrected chi connectivity index (χ1v) is 8.78. The molecule has 0 aliphatic heterocycles. The normalized spacial score (nSPS) is 12.4. The zero-order valence-electron chi connectivity index (χ0n) is 14.2. The number of esters is 2. The van der Waals surface area contributed by atoms with E-state index in [1.807, 2.05) is 0 Å². The highest BCUT2D eigenvalue weighted by Gasteiger charge is 2.09. The van der Waals surface area contributed by atoms with E-state index in [0.717, 1.165) is 12.2 Å². The molecule has 0 spiro atoms. The molecule has 0 aliphatic rings. The average molecular weight is 399 g/mol. The number of hydrogen-bond donors (Lipinski definition) is 2. The Morgan fingerprint density at radius 1 is 0.808 bits per heavy atom. The van der Waals surface area contributed by atoms with Gasteiger partial charge < -0.3 is 18.9 Å². The Labute approximate surface area is 164 Å². The molecule has 0 N–H and O–H groups in total. The van der Waals surface area contributed by atoms with Crippen LogP contribution in [-0.4, -0.2) is 48.9 Å². The molecule has 8 heteroatoms. The predicted molar refractivity (Wildman–Crippen MR) is 105 cm³/mol. The molecular formula is C18H22O6S2. The summed E-state index contributed by atoms with van der Waals surface area (Å²) in [6.07, 6.45) is 2.19. The molecule has 6 nitrogen and oxygen atoms in total. The van der Waals surface area contributed by atoms with Crippen LogP contribution in [0.2, 0.25) is 0 Å². The van der Waals surface area contributed by atoms with Gasteiger partial charge >= 0.3 is 11.9 Å². The summed E-state index contributed by atoms with van der Waals surface area (Å²) in [4.78, 5) is 21.9. The van der Waals surface area contributed by atoms with Gasteiger partial charge in [-0.3, -0.25) is 0 Å². The van der Waals surface area contributed by atoms with E-state index in [2.05, 4.69) is 38.4 Å². The molecule has 1 aromatic rings. The van der Waals surface area contributed by atoms with E-state index >= 15 is 0 Å². The summed E-state index contributed by atoms with van der Waals surface area (Å²) in [5.74, 6) is 0.280. The van der Waals surface area contributed by atoms with Crippen molar-refractivity contribution in [2.75, 3.05) is 26.4 Å². The zero-order valence-corrected chi connectivity index (χ0v) is 16.0. The van der Waals surface area contributed by atoms with Crippen molar-refractivity contribution in [2.24, 2.45) is 0 Å². The summed E-state index contributed by atoms with van der Waals surface area (Å²) in [6, 6.07) is 6.99. The molecule has 2 atom stereocenters. The van der Waals surface area contributed by atoms with Gasteiger partial charge in [-0.1, -0.05) is 13.2 Å². The fraction of sp³-hybridized carbons (Fsp3) is 0.333. The van der Waals surface area contributed by atoms with Gasteiger partial charge in [0.2, 0.25) is 0 Å². The van der Waals surface area contributed by atoms with Crippen molar-refractivity contribution in [3.63, 3.8) is 0 Å². The first-order valence-electron chi connectivity index (χ1n) is 7.74. The molecule has 0 saturated heterocycles. The van der Waals surface area contributed by atoms with Crippen molar-refractivity contribution >= 4 is 37.2 Å². The largest absolute Gasteiger partial charge is 0.492 e. The van der Waals surface area contributed by atoms with Gasteiger partial charge in [-0.25, -0.2) is 9.59 Å². The van der Waals surface area contributed by atoms with Crippen LogP contribution in [0.25, 0.3) is 0 Å². The monoisotopic (exact) mass is 398 g/mol. The minimum atomic E-state index is -0.493. The molecule has 0 saturated carbocycles. The Morgan fingerprint density at radius 3 is 1.46 bits per heavy atom. The van der Waals surface area contributed by atoms with Gasteiger partial charge in [0.25, 0.3) is 0 Å². The van der Waals surface area contributed by atoms with E-state index in [-0.39, 0.29) is 36.9 Å². The molecule has 1 aromatic carbocycles.